The van der Waals surface area contributed by atoms with Crippen molar-refractivity contribution in [2.24, 2.45) is 0 Å². The quantitative estimate of drug-likeness (QED) is 0.790. The number of halogens is 1. The first-order chi connectivity index (χ1) is 13.9. The predicted molar refractivity (Wildman–Crippen MR) is 115 cm³/mol. The molecular weight excluding hydrogens is 386 g/mol. The van der Waals surface area contributed by atoms with Crippen molar-refractivity contribution in [1.29, 1.82) is 0 Å². The first kappa shape index (κ1) is 20.4. The summed E-state index contributed by atoms with van der Waals surface area (Å²) in [4.78, 5) is 18.8. The molecule has 2 heterocycles. The molecule has 1 amide bonds. The van der Waals surface area contributed by atoms with E-state index in [1.54, 1.807) is 0 Å². The normalized spacial score (nSPS) is 23.1. The SMILES string of the molecule is CN(C)CC(=O)N1CC2(C1)[C@H](c1ccccc1)[C@H](CO)N2Cc1cccc(Cl)c1. The molecule has 0 unspecified atom stereocenters. The van der Waals surface area contributed by atoms with Gasteiger partial charge in [-0.25, -0.2) is 0 Å². The number of likely N-dealkylation sites (N-methyl/N-ethyl adjacent to an activating group) is 1. The highest BCUT2D eigenvalue weighted by molar-refractivity contribution is 6.30. The summed E-state index contributed by atoms with van der Waals surface area (Å²) in [7, 11) is 3.83. The van der Waals surface area contributed by atoms with Gasteiger partial charge in [-0.15, -0.1) is 0 Å². The van der Waals surface area contributed by atoms with Crippen molar-refractivity contribution in [2.45, 2.75) is 24.0 Å². The number of carbonyl (C=O) groups excluding carboxylic acids is 1. The second kappa shape index (κ2) is 8.07. The Hall–Kier alpha value is -1.92. The highest BCUT2D eigenvalue weighted by atomic mass is 35.5. The first-order valence-electron chi connectivity index (χ1n) is 10.0. The number of nitrogens with zero attached hydrogens (tertiary/aromatic N) is 3. The molecule has 0 saturated carbocycles. The Bertz CT molecular complexity index is 867. The van der Waals surface area contributed by atoms with Crippen LogP contribution in [0.3, 0.4) is 0 Å². The number of hydrogen-bond donors (Lipinski definition) is 1. The van der Waals surface area contributed by atoms with Crippen LogP contribution in [-0.2, 0) is 11.3 Å². The standard InChI is InChI=1S/C23H28ClN3O2/c1-25(2)13-21(29)26-15-23(16-26)22(18-8-4-3-5-9-18)20(14-28)27(23)12-17-7-6-10-19(24)11-17/h3-11,20,22,28H,12-16H2,1-2H3/t20-,22+/m0/s1. The van der Waals surface area contributed by atoms with Crippen LogP contribution >= 0.6 is 11.6 Å². The molecule has 2 aliphatic rings. The highest BCUT2D eigenvalue weighted by Crippen LogP contribution is 2.54. The van der Waals surface area contributed by atoms with Gasteiger partial charge in [0.2, 0.25) is 5.91 Å². The summed E-state index contributed by atoms with van der Waals surface area (Å²) < 4.78 is 0. The van der Waals surface area contributed by atoms with Crippen LogP contribution < -0.4 is 0 Å². The van der Waals surface area contributed by atoms with Gasteiger partial charge in [0.05, 0.1) is 18.7 Å². The molecule has 0 bridgehead atoms. The minimum Gasteiger partial charge on any atom is -0.395 e. The van der Waals surface area contributed by atoms with Crippen LogP contribution in [0.25, 0.3) is 0 Å². The van der Waals surface area contributed by atoms with Crippen molar-refractivity contribution in [2.75, 3.05) is 40.3 Å². The van der Waals surface area contributed by atoms with Crippen LogP contribution in [0.5, 0.6) is 0 Å². The average molecular weight is 414 g/mol. The van der Waals surface area contributed by atoms with E-state index in [1.165, 1.54) is 5.56 Å². The lowest BCUT2D eigenvalue weighted by Crippen LogP contribution is -2.84. The minimum atomic E-state index is -0.140. The number of hydrogen-bond acceptors (Lipinski definition) is 4. The molecule has 5 nitrogen and oxygen atoms in total. The molecule has 2 aliphatic heterocycles. The van der Waals surface area contributed by atoms with E-state index in [9.17, 15) is 9.90 Å². The summed E-state index contributed by atoms with van der Waals surface area (Å²) in [6, 6.07) is 18.3. The highest BCUT2D eigenvalue weighted by Gasteiger charge is 2.66. The molecular formula is C23H28ClN3O2. The molecule has 1 N–H and O–H groups in total. The number of benzene rings is 2. The van der Waals surface area contributed by atoms with Crippen molar-refractivity contribution in [1.82, 2.24) is 14.7 Å². The van der Waals surface area contributed by atoms with E-state index in [0.717, 1.165) is 5.56 Å². The summed E-state index contributed by atoms with van der Waals surface area (Å²) in [5, 5.41) is 10.9. The molecule has 2 aromatic rings. The lowest BCUT2D eigenvalue weighted by Gasteiger charge is -2.71. The lowest BCUT2D eigenvalue weighted by molar-refractivity contribution is -0.200. The Labute approximate surface area is 177 Å². The van der Waals surface area contributed by atoms with Gasteiger partial charge in [-0.05, 0) is 37.4 Å². The molecule has 2 fully saturated rings. The van der Waals surface area contributed by atoms with E-state index in [0.29, 0.717) is 31.2 Å². The van der Waals surface area contributed by atoms with Gasteiger partial charge in [-0.3, -0.25) is 9.69 Å². The van der Waals surface area contributed by atoms with Gasteiger partial charge in [0.15, 0.2) is 0 Å². The molecule has 0 aliphatic carbocycles. The zero-order chi connectivity index (χ0) is 20.6. The molecule has 154 valence electrons. The van der Waals surface area contributed by atoms with Gasteiger partial charge in [-0.1, -0.05) is 54.1 Å². The zero-order valence-corrected chi connectivity index (χ0v) is 17.7. The lowest BCUT2D eigenvalue weighted by atomic mass is 9.60. The van der Waals surface area contributed by atoms with Crippen molar-refractivity contribution < 1.29 is 9.90 Å². The Morgan fingerprint density at radius 3 is 2.52 bits per heavy atom. The summed E-state index contributed by atoms with van der Waals surface area (Å²) in [5.74, 6) is 0.360. The molecule has 4 rings (SSSR count). The zero-order valence-electron chi connectivity index (χ0n) is 17.0. The summed E-state index contributed by atoms with van der Waals surface area (Å²) in [6.45, 7) is 2.61. The maximum atomic E-state index is 12.6. The van der Waals surface area contributed by atoms with Gasteiger partial charge in [0, 0.05) is 36.6 Å². The third kappa shape index (κ3) is 3.68. The van der Waals surface area contributed by atoms with E-state index >= 15 is 0 Å². The first-order valence-corrected chi connectivity index (χ1v) is 10.4. The van der Waals surface area contributed by atoms with E-state index in [1.807, 2.05) is 60.3 Å². The fourth-order valence-electron chi connectivity index (χ4n) is 5.01. The summed E-state index contributed by atoms with van der Waals surface area (Å²) in [5.41, 5.74) is 2.22. The van der Waals surface area contributed by atoms with Crippen LogP contribution in [0.4, 0.5) is 0 Å². The molecule has 29 heavy (non-hydrogen) atoms. The third-order valence-corrected chi connectivity index (χ3v) is 6.49. The second-order valence-corrected chi connectivity index (χ2v) is 8.92. The Kier molecular flexibility index (Phi) is 5.67. The van der Waals surface area contributed by atoms with E-state index < -0.39 is 0 Å². The number of carbonyl (C=O) groups is 1. The molecule has 0 radical (unpaired) electrons. The van der Waals surface area contributed by atoms with E-state index in [2.05, 4.69) is 23.1 Å². The van der Waals surface area contributed by atoms with E-state index in [4.69, 9.17) is 11.6 Å². The maximum absolute atomic E-state index is 12.6. The van der Waals surface area contributed by atoms with Crippen LogP contribution in [0.15, 0.2) is 54.6 Å². The topological polar surface area (TPSA) is 47.0 Å². The van der Waals surface area contributed by atoms with Crippen LogP contribution in [0.1, 0.15) is 17.0 Å². The number of aliphatic hydroxyl groups excluding tert-OH is 1. The Morgan fingerprint density at radius 1 is 1.17 bits per heavy atom. The van der Waals surface area contributed by atoms with Crippen molar-refractivity contribution in [3.05, 3.63) is 70.7 Å². The van der Waals surface area contributed by atoms with Crippen LogP contribution in [-0.4, -0.2) is 77.6 Å². The van der Waals surface area contributed by atoms with Crippen molar-refractivity contribution >= 4 is 17.5 Å². The molecule has 0 aromatic heterocycles. The smallest absolute Gasteiger partial charge is 0.236 e. The number of aliphatic hydroxyl groups is 1. The largest absolute Gasteiger partial charge is 0.395 e. The Balaban J connectivity index is 1.60. The number of amides is 1. The maximum Gasteiger partial charge on any atom is 0.236 e. The van der Waals surface area contributed by atoms with Gasteiger partial charge in [0.1, 0.15) is 0 Å². The molecule has 2 saturated heterocycles. The van der Waals surface area contributed by atoms with Crippen molar-refractivity contribution in [3.8, 4) is 0 Å². The second-order valence-electron chi connectivity index (χ2n) is 8.49. The number of rotatable bonds is 6. The van der Waals surface area contributed by atoms with Gasteiger partial charge >= 0.3 is 0 Å². The number of likely N-dealkylation sites (tertiary alicyclic amines) is 2. The summed E-state index contributed by atoms with van der Waals surface area (Å²) >= 11 is 6.19. The van der Waals surface area contributed by atoms with Crippen LogP contribution in [0.2, 0.25) is 5.02 Å². The molecule has 1 spiro atoms. The van der Waals surface area contributed by atoms with Gasteiger partial charge < -0.3 is 14.9 Å². The molecule has 2 atom stereocenters. The fraction of sp³-hybridized carbons (Fsp3) is 0.435. The fourth-order valence-corrected chi connectivity index (χ4v) is 5.22. The van der Waals surface area contributed by atoms with Crippen LogP contribution in [0, 0.1) is 0 Å². The molecule has 6 heteroatoms. The van der Waals surface area contributed by atoms with E-state index in [-0.39, 0.29) is 30.0 Å². The average Bonchev–Trinajstić information content (AvgIpc) is 2.64. The summed E-state index contributed by atoms with van der Waals surface area (Å²) in [6.07, 6.45) is 0. The predicted octanol–water partition coefficient (Wildman–Crippen LogP) is 2.44. The monoisotopic (exact) mass is 413 g/mol. The van der Waals surface area contributed by atoms with Crippen molar-refractivity contribution in [3.63, 3.8) is 0 Å². The van der Waals surface area contributed by atoms with Gasteiger partial charge in [0.25, 0.3) is 0 Å². The molecule has 2 aromatic carbocycles. The Morgan fingerprint density at radius 2 is 1.90 bits per heavy atom. The third-order valence-electron chi connectivity index (χ3n) is 6.26. The van der Waals surface area contributed by atoms with Gasteiger partial charge in [-0.2, -0.15) is 0 Å². The minimum absolute atomic E-state index is 0.0301.